The van der Waals surface area contributed by atoms with E-state index in [2.05, 4.69) is 34.3 Å². The quantitative estimate of drug-likeness (QED) is 0.733. The van der Waals surface area contributed by atoms with E-state index in [1.165, 1.54) is 22.8 Å². The Hall–Kier alpha value is -2.24. The molecule has 0 aliphatic carbocycles. The highest BCUT2D eigenvalue weighted by Crippen LogP contribution is 2.26. The van der Waals surface area contributed by atoms with Crippen molar-refractivity contribution in [3.63, 3.8) is 0 Å². The third kappa shape index (κ3) is 4.04. The van der Waals surface area contributed by atoms with Crippen LogP contribution in [0.1, 0.15) is 19.4 Å². The van der Waals surface area contributed by atoms with Gasteiger partial charge in [-0.15, -0.1) is 0 Å². The fourth-order valence-corrected chi connectivity index (χ4v) is 4.22. The number of aliphatic hydroxyl groups is 1. The molecule has 0 unspecified atom stereocenters. The zero-order valence-corrected chi connectivity index (χ0v) is 16.6. The van der Waals surface area contributed by atoms with Crippen molar-refractivity contribution in [2.75, 3.05) is 29.5 Å². The molecule has 1 aliphatic rings. The first-order chi connectivity index (χ1) is 13.0. The van der Waals surface area contributed by atoms with E-state index in [4.69, 9.17) is 0 Å². The molecule has 2 heterocycles. The van der Waals surface area contributed by atoms with Crippen LogP contribution in [0.3, 0.4) is 0 Å². The van der Waals surface area contributed by atoms with E-state index < -0.39 is 5.60 Å². The predicted octanol–water partition coefficient (Wildman–Crippen LogP) is 4.32. The van der Waals surface area contributed by atoms with Gasteiger partial charge in [0.15, 0.2) is 0 Å². The normalized spacial score (nSPS) is 15.1. The third-order valence-corrected chi connectivity index (χ3v) is 5.94. The first kappa shape index (κ1) is 18.1. The molecular weight excluding hydrogens is 354 g/mol. The van der Waals surface area contributed by atoms with E-state index in [1.54, 1.807) is 13.8 Å². The van der Waals surface area contributed by atoms with E-state index in [0.717, 1.165) is 29.9 Å². The van der Waals surface area contributed by atoms with Crippen LogP contribution in [0.4, 0.5) is 5.69 Å². The molecule has 0 bridgehead atoms. The maximum atomic E-state index is 10.1. The SMILES string of the molecule is CC(C)(O)c1ccc(-n2cc(-c3ccc(N4CCSCC4)cc3)cn2)cc1. The first-order valence-electron chi connectivity index (χ1n) is 9.32. The molecule has 1 fully saturated rings. The first-order valence-corrected chi connectivity index (χ1v) is 10.5. The van der Waals surface area contributed by atoms with Gasteiger partial charge in [0.1, 0.15) is 0 Å². The fraction of sp³-hybridized carbons (Fsp3) is 0.318. The maximum absolute atomic E-state index is 10.1. The summed E-state index contributed by atoms with van der Waals surface area (Å²) in [4.78, 5) is 2.45. The summed E-state index contributed by atoms with van der Waals surface area (Å²) >= 11 is 2.03. The summed E-state index contributed by atoms with van der Waals surface area (Å²) in [5.74, 6) is 2.42. The van der Waals surface area contributed by atoms with E-state index in [1.807, 2.05) is 53.1 Å². The van der Waals surface area contributed by atoms with Crippen LogP contribution in [0.2, 0.25) is 0 Å². The summed E-state index contributed by atoms with van der Waals surface area (Å²) in [5.41, 5.74) is 4.62. The molecule has 1 saturated heterocycles. The average Bonchev–Trinajstić information content (AvgIpc) is 3.18. The molecule has 0 saturated carbocycles. The molecule has 4 rings (SSSR count). The minimum Gasteiger partial charge on any atom is -0.386 e. The Morgan fingerprint density at radius 1 is 0.889 bits per heavy atom. The molecule has 4 nitrogen and oxygen atoms in total. The van der Waals surface area contributed by atoms with Gasteiger partial charge < -0.3 is 10.0 Å². The Morgan fingerprint density at radius 3 is 2.15 bits per heavy atom. The second-order valence-electron chi connectivity index (χ2n) is 7.43. The lowest BCUT2D eigenvalue weighted by Gasteiger charge is -2.28. The molecule has 0 amide bonds. The summed E-state index contributed by atoms with van der Waals surface area (Å²) in [6, 6.07) is 16.6. The van der Waals surface area contributed by atoms with Gasteiger partial charge >= 0.3 is 0 Å². The highest BCUT2D eigenvalue weighted by molar-refractivity contribution is 7.99. The number of nitrogens with zero attached hydrogens (tertiary/aromatic N) is 3. The van der Waals surface area contributed by atoms with Crippen LogP contribution in [-0.4, -0.2) is 39.5 Å². The molecule has 0 atom stereocenters. The van der Waals surface area contributed by atoms with Crippen molar-refractivity contribution >= 4 is 17.4 Å². The molecule has 140 valence electrons. The van der Waals surface area contributed by atoms with E-state index >= 15 is 0 Å². The Kier molecular flexibility index (Phi) is 4.98. The van der Waals surface area contributed by atoms with Gasteiger partial charge in [-0.1, -0.05) is 24.3 Å². The minimum absolute atomic E-state index is 0.831. The zero-order valence-electron chi connectivity index (χ0n) is 15.8. The topological polar surface area (TPSA) is 41.3 Å². The summed E-state index contributed by atoms with van der Waals surface area (Å²) in [6.07, 6.45) is 3.95. The standard InChI is InChI=1S/C22H25N3OS/c1-22(2,26)19-5-9-21(10-6-19)25-16-18(15-23-25)17-3-7-20(8-4-17)24-11-13-27-14-12-24/h3-10,15-16,26H,11-14H2,1-2H3. The van der Waals surface area contributed by atoms with Crippen LogP contribution in [0.5, 0.6) is 0 Å². The number of rotatable bonds is 4. The van der Waals surface area contributed by atoms with Crippen molar-refractivity contribution in [1.29, 1.82) is 0 Å². The predicted molar refractivity (Wildman–Crippen MR) is 114 cm³/mol. The molecule has 2 aromatic carbocycles. The molecule has 5 heteroatoms. The smallest absolute Gasteiger partial charge is 0.0840 e. The van der Waals surface area contributed by atoms with Gasteiger partial charge in [0.2, 0.25) is 0 Å². The summed E-state index contributed by atoms with van der Waals surface area (Å²) < 4.78 is 1.87. The van der Waals surface area contributed by atoms with Crippen molar-refractivity contribution in [2.45, 2.75) is 19.4 Å². The van der Waals surface area contributed by atoms with Crippen LogP contribution < -0.4 is 4.90 Å². The molecule has 3 aromatic rings. The Labute approximate surface area is 164 Å². The largest absolute Gasteiger partial charge is 0.386 e. The molecule has 0 spiro atoms. The minimum atomic E-state index is -0.831. The van der Waals surface area contributed by atoms with Gasteiger partial charge in [-0.05, 0) is 49.2 Å². The molecule has 1 aromatic heterocycles. The van der Waals surface area contributed by atoms with Gasteiger partial charge in [0.05, 0.1) is 17.5 Å². The van der Waals surface area contributed by atoms with Gasteiger partial charge in [-0.25, -0.2) is 4.68 Å². The van der Waals surface area contributed by atoms with Crippen LogP contribution in [0, 0.1) is 0 Å². The number of benzene rings is 2. The van der Waals surface area contributed by atoms with Crippen molar-refractivity contribution in [2.24, 2.45) is 0 Å². The van der Waals surface area contributed by atoms with Gasteiger partial charge in [-0.2, -0.15) is 16.9 Å². The average molecular weight is 380 g/mol. The number of hydrogen-bond donors (Lipinski definition) is 1. The highest BCUT2D eigenvalue weighted by Gasteiger charge is 2.15. The second-order valence-corrected chi connectivity index (χ2v) is 8.65. The Bertz CT molecular complexity index is 889. The van der Waals surface area contributed by atoms with E-state index in [9.17, 15) is 5.11 Å². The summed E-state index contributed by atoms with van der Waals surface area (Å²) in [5, 5.41) is 14.6. The van der Waals surface area contributed by atoms with E-state index in [-0.39, 0.29) is 0 Å². The van der Waals surface area contributed by atoms with Crippen LogP contribution in [-0.2, 0) is 5.60 Å². The number of aromatic nitrogens is 2. The van der Waals surface area contributed by atoms with Crippen molar-refractivity contribution < 1.29 is 5.11 Å². The van der Waals surface area contributed by atoms with Gasteiger partial charge in [0, 0.05) is 42.0 Å². The maximum Gasteiger partial charge on any atom is 0.0840 e. The Morgan fingerprint density at radius 2 is 1.52 bits per heavy atom. The van der Waals surface area contributed by atoms with Gasteiger partial charge in [-0.3, -0.25) is 0 Å². The van der Waals surface area contributed by atoms with Crippen molar-refractivity contribution in [3.8, 4) is 16.8 Å². The van der Waals surface area contributed by atoms with Crippen LogP contribution in [0.25, 0.3) is 16.8 Å². The number of anilines is 1. The lowest BCUT2D eigenvalue weighted by atomic mass is 9.98. The molecule has 0 radical (unpaired) electrons. The summed E-state index contributed by atoms with van der Waals surface area (Å²) in [7, 11) is 0. The number of thioether (sulfide) groups is 1. The summed E-state index contributed by atoms with van der Waals surface area (Å²) in [6.45, 7) is 5.84. The second kappa shape index (κ2) is 7.41. The third-order valence-electron chi connectivity index (χ3n) is 5.00. The number of hydrogen-bond acceptors (Lipinski definition) is 4. The zero-order chi connectivity index (χ0) is 18.9. The van der Waals surface area contributed by atoms with Crippen molar-refractivity contribution in [1.82, 2.24) is 9.78 Å². The lowest BCUT2D eigenvalue weighted by Crippen LogP contribution is -2.32. The fourth-order valence-electron chi connectivity index (χ4n) is 3.32. The monoisotopic (exact) mass is 379 g/mol. The molecule has 1 aliphatic heterocycles. The van der Waals surface area contributed by atoms with E-state index in [0.29, 0.717) is 0 Å². The van der Waals surface area contributed by atoms with Crippen LogP contribution >= 0.6 is 11.8 Å². The van der Waals surface area contributed by atoms with Crippen molar-refractivity contribution in [3.05, 3.63) is 66.5 Å². The van der Waals surface area contributed by atoms with Crippen LogP contribution in [0.15, 0.2) is 60.9 Å². The Balaban J connectivity index is 1.52. The molecule has 1 N–H and O–H groups in total. The highest BCUT2D eigenvalue weighted by atomic mass is 32.2. The molecular formula is C22H25N3OS. The lowest BCUT2D eigenvalue weighted by molar-refractivity contribution is 0.0786. The molecule has 27 heavy (non-hydrogen) atoms. The van der Waals surface area contributed by atoms with Gasteiger partial charge in [0.25, 0.3) is 0 Å².